The van der Waals surface area contributed by atoms with Gasteiger partial charge in [0.2, 0.25) is 0 Å². The van der Waals surface area contributed by atoms with Crippen LogP contribution in [0.4, 0.5) is 5.13 Å². The van der Waals surface area contributed by atoms with Gasteiger partial charge in [0.05, 0.1) is 40.3 Å². The molecule has 1 aliphatic heterocycles. The van der Waals surface area contributed by atoms with Crippen molar-refractivity contribution in [3.8, 4) is 11.5 Å². The average molecular weight is 558 g/mol. The van der Waals surface area contributed by atoms with Crippen LogP contribution >= 0.6 is 11.3 Å². The van der Waals surface area contributed by atoms with E-state index in [2.05, 4.69) is 31.8 Å². The second kappa shape index (κ2) is 10.7. The third-order valence-electron chi connectivity index (χ3n) is 6.68. The summed E-state index contributed by atoms with van der Waals surface area (Å²) in [5.74, 6) is -1.05. The average Bonchev–Trinajstić information content (AvgIpc) is 3.46. The zero-order chi connectivity index (χ0) is 28.6. The molecule has 2 aromatic heterocycles. The molecule has 1 saturated heterocycles. The molecule has 1 atom stereocenters. The Morgan fingerprint density at radius 1 is 1.02 bits per heavy atom. The minimum atomic E-state index is -0.982. The van der Waals surface area contributed by atoms with Crippen molar-refractivity contribution in [2.45, 2.75) is 46.1 Å². The van der Waals surface area contributed by atoms with Crippen LogP contribution in [0, 0.1) is 0 Å². The first-order valence-electron chi connectivity index (χ1n) is 13.2. The molecular weight excluding hydrogens is 526 g/mol. The Morgan fingerprint density at radius 3 is 2.48 bits per heavy atom. The molecule has 0 spiro atoms. The lowest BCUT2D eigenvalue weighted by atomic mass is 9.87. The van der Waals surface area contributed by atoms with Crippen molar-refractivity contribution in [2.24, 2.45) is 0 Å². The lowest BCUT2D eigenvalue weighted by Gasteiger charge is -2.22. The highest BCUT2D eigenvalue weighted by atomic mass is 32.1. The number of ether oxygens (including phenoxy) is 2. The molecule has 0 saturated carbocycles. The van der Waals surface area contributed by atoms with E-state index in [4.69, 9.17) is 14.5 Å². The first kappa shape index (κ1) is 27.3. The number of pyridine rings is 1. The number of rotatable bonds is 7. The van der Waals surface area contributed by atoms with E-state index in [1.807, 2.05) is 26.0 Å². The van der Waals surface area contributed by atoms with Gasteiger partial charge in [-0.05, 0) is 61.2 Å². The maximum absolute atomic E-state index is 13.6. The topological polar surface area (TPSA) is 102 Å². The maximum atomic E-state index is 13.6. The Balaban J connectivity index is 1.69. The number of thiazole rings is 1. The molecule has 8 nitrogen and oxygen atoms in total. The highest BCUT2D eigenvalue weighted by molar-refractivity contribution is 7.22. The Morgan fingerprint density at radius 2 is 1.80 bits per heavy atom. The quantitative estimate of drug-likeness (QED) is 0.159. The second-order valence-electron chi connectivity index (χ2n) is 10.4. The summed E-state index contributed by atoms with van der Waals surface area (Å²) in [7, 11) is 0. The lowest BCUT2D eigenvalue weighted by molar-refractivity contribution is -0.132. The summed E-state index contributed by atoms with van der Waals surface area (Å²) < 4.78 is 12.3. The van der Waals surface area contributed by atoms with Crippen molar-refractivity contribution >= 4 is 44.1 Å². The Kier molecular flexibility index (Phi) is 7.33. The fraction of sp³-hybridized carbons (Fsp3) is 0.290. The van der Waals surface area contributed by atoms with Crippen LogP contribution < -0.4 is 14.4 Å². The van der Waals surface area contributed by atoms with Gasteiger partial charge in [0.25, 0.3) is 5.78 Å². The van der Waals surface area contributed by atoms with Gasteiger partial charge in [-0.2, -0.15) is 0 Å². The van der Waals surface area contributed by atoms with Crippen molar-refractivity contribution in [1.82, 2.24) is 9.97 Å². The first-order chi connectivity index (χ1) is 19.1. The van der Waals surface area contributed by atoms with Gasteiger partial charge in [-0.1, -0.05) is 44.2 Å². The smallest absolute Gasteiger partial charge is 0.301 e. The van der Waals surface area contributed by atoms with E-state index in [0.29, 0.717) is 35.5 Å². The van der Waals surface area contributed by atoms with Gasteiger partial charge in [0, 0.05) is 12.3 Å². The van der Waals surface area contributed by atoms with E-state index in [1.165, 1.54) is 16.2 Å². The summed E-state index contributed by atoms with van der Waals surface area (Å²) in [6.45, 7) is 10.9. The van der Waals surface area contributed by atoms with Gasteiger partial charge in [-0.3, -0.25) is 19.5 Å². The van der Waals surface area contributed by atoms with Gasteiger partial charge in [0.15, 0.2) is 5.13 Å². The predicted molar refractivity (Wildman–Crippen MR) is 156 cm³/mol. The molecule has 1 N–H and O–H groups in total. The molecule has 3 heterocycles. The SMILES string of the molecule is CCOc1ccc(/C(O)=C2\C(=O)C(=O)N(c3nc4ccc(C(C)(C)C)cc4s3)C2c2ccccn2)c(OCC)c1. The van der Waals surface area contributed by atoms with Crippen molar-refractivity contribution in [3.63, 3.8) is 0 Å². The number of carbonyl (C=O) groups is 2. The Labute approximate surface area is 236 Å². The Hall–Kier alpha value is -4.24. The standard InChI is InChI=1S/C31H31N3O5S/c1-6-38-19-12-13-20(23(17-19)39-7-2)27(35)25-26(22-10-8-9-15-32-22)34(29(37)28(25)36)30-33-21-14-11-18(31(3,4)5)16-24(21)40-30/h8-17,26,35H,6-7H2,1-5H3/b27-25+. The fourth-order valence-corrected chi connectivity index (χ4v) is 5.74. The molecule has 0 bridgehead atoms. The minimum Gasteiger partial charge on any atom is -0.507 e. The monoisotopic (exact) mass is 557 g/mol. The van der Waals surface area contributed by atoms with Crippen LogP contribution in [-0.4, -0.2) is 40.0 Å². The molecule has 9 heteroatoms. The fourth-order valence-electron chi connectivity index (χ4n) is 4.70. The molecule has 40 heavy (non-hydrogen) atoms. The van der Waals surface area contributed by atoms with E-state index in [0.717, 1.165) is 15.8 Å². The van der Waals surface area contributed by atoms with Gasteiger partial charge in [0.1, 0.15) is 23.3 Å². The number of Topliss-reactive ketones (excluding diaryl/α,β-unsaturated/α-hetero) is 1. The van der Waals surface area contributed by atoms with E-state index in [-0.39, 0.29) is 22.3 Å². The number of hydrogen-bond acceptors (Lipinski definition) is 8. The van der Waals surface area contributed by atoms with Crippen LogP contribution in [0.25, 0.3) is 16.0 Å². The largest absolute Gasteiger partial charge is 0.507 e. The van der Waals surface area contributed by atoms with Crippen LogP contribution in [0.2, 0.25) is 0 Å². The summed E-state index contributed by atoms with van der Waals surface area (Å²) in [4.78, 5) is 37.7. The summed E-state index contributed by atoms with van der Waals surface area (Å²) >= 11 is 1.33. The number of amides is 1. The third-order valence-corrected chi connectivity index (χ3v) is 7.70. The highest BCUT2D eigenvalue weighted by Gasteiger charge is 2.49. The molecule has 1 unspecified atom stereocenters. The normalized spacial score (nSPS) is 17.0. The van der Waals surface area contributed by atoms with Gasteiger partial charge >= 0.3 is 5.91 Å². The van der Waals surface area contributed by atoms with Crippen molar-refractivity contribution in [1.29, 1.82) is 0 Å². The molecule has 1 fully saturated rings. The van der Waals surface area contributed by atoms with Crippen molar-refractivity contribution < 1.29 is 24.2 Å². The van der Waals surface area contributed by atoms with Crippen LogP contribution in [0.15, 0.2) is 66.4 Å². The number of anilines is 1. The van der Waals surface area contributed by atoms with Crippen LogP contribution in [-0.2, 0) is 15.0 Å². The van der Waals surface area contributed by atoms with Crippen molar-refractivity contribution in [3.05, 3.63) is 83.2 Å². The number of aliphatic hydroxyl groups is 1. The number of hydrogen-bond donors (Lipinski definition) is 1. The zero-order valence-electron chi connectivity index (χ0n) is 23.1. The van der Waals surface area contributed by atoms with Crippen LogP contribution in [0.3, 0.4) is 0 Å². The number of ketones is 1. The third kappa shape index (κ3) is 4.93. The summed E-state index contributed by atoms with van der Waals surface area (Å²) in [5.41, 5.74) is 2.43. The molecule has 2 aromatic carbocycles. The minimum absolute atomic E-state index is 0.0635. The molecule has 4 aromatic rings. The summed E-state index contributed by atoms with van der Waals surface area (Å²) in [5, 5.41) is 12.0. The maximum Gasteiger partial charge on any atom is 0.301 e. The van der Waals surface area contributed by atoms with Gasteiger partial charge < -0.3 is 14.6 Å². The molecular formula is C31H31N3O5S. The molecule has 206 valence electrons. The predicted octanol–water partition coefficient (Wildman–Crippen LogP) is 6.41. The zero-order valence-corrected chi connectivity index (χ0v) is 23.9. The Bertz CT molecular complexity index is 1620. The molecule has 1 aliphatic rings. The lowest BCUT2D eigenvalue weighted by Crippen LogP contribution is -2.29. The number of aliphatic hydroxyl groups excluding tert-OH is 1. The molecule has 0 radical (unpaired) electrons. The first-order valence-corrected chi connectivity index (χ1v) is 14.0. The summed E-state index contributed by atoms with van der Waals surface area (Å²) in [6, 6.07) is 15.3. The van der Waals surface area contributed by atoms with Gasteiger partial charge in [-0.25, -0.2) is 4.98 Å². The number of nitrogens with zero attached hydrogens (tertiary/aromatic N) is 3. The van der Waals surface area contributed by atoms with E-state index in [9.17, 15) is 14.7 Å². The van der Waals surface area contributed by atoms with Crippen molar-refractivity contribution in [2.75, 3.05) is 18.1 Å². The number of fused-ring (bicyclic) bond motifs is 1. The van der Waals surface area contributed by atoms with E-state index in [1.54, 1.807) is 42.6 Å². The molecule has 0 aliphatic carbocycles. The molecule has 5 rings (SSSR count). The van der Waals surface area contributed by atoms with E-state index < -0.39 is 17.7 Å². The molecule has 1 amide bonds. The summed E-state index contributed by atoms with van der Waals surface area (Å²) in [6.07, 6.45) is 1.59. The second-order valence-corrected chi connectivity index (χ2v) is 11.4. The van der Waals surface area contributed by atoms with Crippen LogP contribution in [0.5, 0.6) is 11.5 Å². The number of benzene rings is 2. The number of aromatic nitrogens is 2. The number of carbonyl (C=O) groups excluding carboxylic acids is 2. The van der Waals surface area contributed by atoms with Gasteiger partial charge in [-0.15, -0.1) is 0 Å². The highest BCUT2D eigenvalue weighted by Crippen LogP contribution is 2.45. The van der Waals surface area contributed by atoms with Crippen LogP contribution in [0.1, 0.15) is 57.5 Å². The van der Waals surface area contributed by atoms with E-state index >= 15 is 0 Å².